The molecular formula is C20H34O3. The van der Waals surface area contributed by atoms with Gasteiger partial charge in [0.2, 0.25) is 0 Å². The zero-order chi connectivity index (χ0) is 17.2. The van der Waals surface area contributed by atoms with Gasteiger partial charge in [-0.3, -0.25) is 0 Å². The summed E-state index contributed by atoms with van der Waals surface area (Å²) in [4.78, 5) is 10.2. The van der Waals surface area contributed by atoms with E-state index in [2.05, 4.69) is 13.0 Å². The average Bonchev–Trinajstić information content (AvgIpc) is 2.52. The van der Waals surface area contributed by atoms with Gasteiger partial charge in [-0.2, -0.15) is 0 Å². The van der Waals surface area contributed by atoms with Crippen molar-refractivity contribution in [3.05, 3.63) is 36.5 Å². The van der Waals surface area contributed by atoms with Crippen LogP contribution in [0.25, 0.3) is 0 Å². The molecule has 23 heavy (non-hydrogen) atoms. The Balaban J connectivity index is 3.41. The number of carbonyl (C=O) groups is 1. The molecule has 0 rings (SSSR count). The van der Waals surface area contributed by atoms with Crippen molar-refractivity contribution in [2.45, 2.75) is 83.7 Å². The third-order valence-corrected chi connectivity index (χ3v) is 3.76. The number of aliphatic hydroxyl groups is 1. The Labute approximate surface area is 141 Å². The largest absolute Gasteiger partial charge is 0.478 e. The first-order chi connectivity index (χ1) is 11.2. The Bertz CT molecular complexity index is 356. The van der Waals surface area contributed by atoms with E-state index in [4.69, 9.17) is 5.11 Å². The zero-order valence-electron chi connectivity index (χ0n) is 14.6. The zero-order valence-corrected chi connectivity index (χ0v) is 14.6. The van der Waals surface area contributed by atoms with Crippen LogP contribution >= 0.6 is 0 Å². The highest BCUT2D eigenvalue weighted by atomic mass is 16.4. The van der Waals surface area contributed by atoms with E-state index in [1.165, 1.54) is 38.2 Å². The second-order valence-corrected chi connectivity index (χ2v) is 6.01. The van der Waals surface area contributed by atoms with Crippen LogP contribution in [0, 0.1) is 0 Å². The summed E-state index contributed by atoms with van der Waals surface area (Å²) in [6, 6.07) is 0. The summed E-state index contributed by atoms with van der Waals surface area (Å²) in [5.41, 5.74) is 0. The number of rotatable bonds is 15. The number of hydrogen-bond donors (Lipinski definition) is 2. The van der Waals surface area contributed by atoms with Crippen LogP contribution in [0.5, 0.6) is 0 Å². The number of hydrogen-bond acceptors (Lipinski definition) is 2. The number of carboxylic acids is 1. The van der Waals surface area contributed by atoms with Gasteiger partial charge >= 0.3 is 5.97 Å². The summed E-state index contributed by atoms with van der Waals surface area (Å²) in [6.45, 7) is 2.23. The Kier molecular flexibility index (Phi) is 16.0. The normalized spacial score (nSPS) is 13.5. The van der Waals surface area contributed by atoms with Gasteiger partial charge in [-0.15, -0.1) is 0 Å². The molecule has 3 heteroatoms. The predicted molar refractivity (Wildman–Crippen MR) is 97.5 cm³/mol. The van der Waals surface area contributed by atoms with Gasteiger partial charge in [0.05, 0.1) is 6.10 Å². The fraction of sp³-hybridized carbons (Fsp3) is 0.650. The molecule has 0 fully saturated rings. The average molecular weight is 322 g/mol. The molecule has 0 aliphatic carbocycles. The maximum Gasteiger partial charge on any atom is 0.328 e. The van der Waals surface area contributed by atoms with Crippen molar-refractivity contribution >= 4 is 5.97 Å². The van der Waals surface area contributed by atoms with Crippen LogP contribution in [0.4, 0.5) is 0 Å². The molecule has 0 saturated heterocycles. The summed E-state index contributed by atoms with van der Waals surface area (Å²) in [6.07, 6.45) is 22.7. The monoisotopic (exact) mass is 322 g/mol. The Morgan fingerprint density at radius 1 is 0.870 bits per heavy atom. The molecule has 0 saturated carbocycles. The van der Waals surface area contributed by atoms with Crippen molar-refractivity contribution in [3.63, 3.8) is 0 Å². The molecular weight excluding hydrogens is 288 g/mol. The van der Waals surface area contributed by atoms with E-state index in [0.29, 0.717) is 0 Å². The molecule has 1 atom stereocenters. The number of unbranched alkanes of at least 4 members (excludes halogenated alkanes) is 7. The molecule has 0 amide bonds. The molecule has 0 heterocycles. The van der Waals surface area contributed by atoms with E-state index in [9.17, 15) is 9.90 Å². The van der Waals surface area contributed by atoms with Crippen molar-refractivity contribution in [3.8, 4) is 0 Å². The number of aliphatic hydroxyl groups excluding tert-OH is 1. The van der Waals surface area contributed by atoms with Crippen molar-refractivity contribution in [2.24, 2.45) is 0 Å². The molecule has 3 nitrogen and oxygen atoms in total. The van der Waals surface area contributed by atoms with Gasteiger partial charge in [0.25, 0.3) is 0 Å². The fourth-order valence-corrected chi connectivity index (χ4v) is 2.39. The van der Waals surface area contributed by atoms with Crippen LogP contribution < -0.4 is 0 Å². The third-order valence-electron chi connectivity index (χ3n) is 3.76. The van der Waals surface area contributed by atoms with E-state index < -0.39 is 5.97 Å². The van der Waals surface area contributed by atoms with Crippen LogP contribution in [-0.2, 0) is 4.79 Å². The highest BCUT2D eigenvalue weighted by molar-refractivity contribution is 5.80. The van der Waals surface area contributed by atoms with Crippen molar-refractivity contribution in [2.75, 3.05) is 0 Å². The maximum atomic E-state index is 10.2. The lowest BCUT2D eigenvalue weighted by Crippen LogP contribution is -2.05. The fourth-order valence-electron chi connectivity index (χ4n) is 2.39. The molecule has 1 unspecified atom stereocenters. The molecule has 0 aromatic heterocycles. The summed E-state index contributed by atoms with van der Waals surface area (Å²) >= 11 is 0. The van der Waals surface area contributed by atoms with Crippen LogP contribution in [-0.4, -0.2) is 22.3 Å². The van der Waals surface area contributed by atoms with Crippen LogP contribution in [0.3, 0.4) is 0 Å². The summed E-state index contributed by atoms with van der Waals surface area (Å²) in [5.74, 6) is -0.932. The molecule has 2 N–H and O–H groups in total. The van der Waals surface area contributed by atoms with Gasteiger partial charge in [-0.05, 0) is 25.7 Å². The summed E-state index contributed by atoms with van der Waals surface area (Å²) < 4.78 is 0. The quantitative estimate of drug-likeness (QED) is 0.241. The molecule has 0 aromatic carbocycles. The second kappa shape index (κ2) is 17.0. The minimum absolute atomic E-state index is 0.133. The number of aliphatic carboxylic acids is 1. The van der Waals surface area contributed by atoms with Crippen LogP contribution in [0.2, 0.25) is 0 Å². The topological polar surface area (TPSA) is 57.5 Å². The third kappa shape index (κ3) is 18.6. The van der Waals surface area contributed by atoms with E-state index in [0.717, 1.165) is 44.6 Å². The molecule has 0 radical (unpaired) electrons. The van der Waals surface area contributed by atoms with Crippen LogP contribution in [0.15, 0.2) is 36.5 Å². The highest BCUT2D eigenvalue weighted by Crippen LogP contribution is 2.12. The predicted octanol–water partition coefficient (Wildman–Crippen LogP) is 5.41. The standard InChI is InChI=1S/C20H34O3/c1-2-3-4-5-10-13-16-19(21)17-14-11-8-6-7-9-12-15-18-20(22)23/h6-7,9,12,15,18-19,21H,2-5,8,10-11,13-14,16-17H2,1H3,(H,22,23). The minimum atomic E-state index is -0.932. The second-order valence-electron chi connectivity index (χ2n) is 6.01. The molecule has 0 aromatic rings. The van der Waals surface area contributed by atoms with Gasteiger partial charge < -0.3 is 10.2 Å². The van der Waals surface area contributed by atoms with E-state index in [1.807, 2.05) is 12.2 Å². The van der Waals surface area contributed by atoms with Crippen molar-refractivity contribution in [1.82, 2.24) is 0 Å². The molecule has 0 aliphatic heterocycles. The number of allylic oxidation sites excluding steroid dienone is 5. The molecule has 132 valence electrons. The van der Waals surface area contributed by atoms with Crippen LogP contribution in [0.1, 0.15) is 77.6 Å². The lowest BCUT2D eigenvalue weighted by Gasteiger charge is -2.09. The summed E-state index contributed by atoms with van der Waals surface area (Å²) in [7, 11) is 0. The Morgan fingerprint density at radius 2 is 1.48 bits per heavy atom. The van der Waals surface area contributed by atoms with Crippen molar-refractivity contribution in [1.29, 1.82) is 0 Å². The first-order valence-corrected chi connectivity index (χ1v) is 9.07. The molecule has 0 aliphatic rings. The van der Waals surface area contributed by atoms with Gasteiger partial charge in [-0.25, -0.2) is 4.79 Å². The maximum absolute atomic E-state index is 10.2. The minimum Gasteiger partial charge on any atom is -0.478 e. The lowest BCUT2D eigenvalue weighted by atomic mass is 10.0. The first-order valence-electron chi connectivity index (χ1n) is 9.07. The SMILES string of the molecule is CCCCCCCCC(O)CCCCC=CC=CC=CC(=O)O. The molecule has 0 bridgehead atoms. The molecule has 0 spiro atoms. The highest BCUT2D eigenvalue weighted by Gasteiger charge is 2.03. The van der Waals surface area contributed by atoms with Gasteiger partial charge in [0.15, 0.2) is 0 Å². The van der Waals surface area contributed by atoms with Gasteiger partial charge in [-0.1, -0.05) is 82.2 Å². The summed E-state index contributed by atoms with van der Waals surface area (Å²) in [5, 5.41) is 18.3. The number of carboxylic acid groups (broad SMARTS) is 1. The lowest BCUT2D eigenvalue weighted by molar-refractivity contribution is -0.131. The van der Waals surface area contributed by atoms with E-state index in [1.54, 1.807) is 6.08 Å². The van der Waals surface area contributed by atoms with Gasteiger partial charge in [0.1, 0.15) is 0 Å². The Morgan fingerprint density at radius 3 is 2.17 bits per heavy atom. The van der Waals surface area contributed by atoms with E-state index in [-0.39, 0.29) is 6.10 Å². The first kappa shape index (κ1) is 21.6. The van der Waals surface area contributed by atoms with E-state index >= 15 is 0 Å². The van der Waals surface area contributed by atoms with Gasteiger partial charge in [0, 0.05) is 6.08 Å². The Hall–Kier alpha value is -1.35. The smallest absolute Gasteiger partial charge is 0.328 e. The van der Waals surface area contributed by atoms with Crippen molar-refractivity contribution < 1.29 is 15.0 Å².